The molecule has 0 aromatic heterocycles. The van der Waals surface area contributed by atoms with E-state index in [1.165, 1.54) is 83.1 Å². The zero-order chi connectivity index (χ0) is 45.0. The number of carbonyl (C=O) groups is 1. The van der Waals surface area contributed by atoms with E-state index in [4.69, 9.17) is 9.47 Å². The third-order valence-electron chi connectivity index (χ3n) is 10.9. The molecule has 0 spiro atoms. The number of carbonyl (C=O) groups excluding carboxylic acids is 1. The summed E-state index contributed by atoms with van der Waals surface area (Å²) in [5, 5.41) is 55.2. The van der Waals surface area contributed by atoms with Gasteiger partial charge in [-0.15, -0.1) is 0 Å². The van der Waals surface area contributed by atoms with Crippen molar-refractivity contribution in [2.75, 3.05) is 13.2 Å². The van der Waals surface area contributed by atoms with Crippen LogP contribution in [-0.2, 0) is 28.9 Å². The lowest BCUT2D eigenvalue weighted by Crippen LogP contribution is -2.61. The lowest BCUT2D eigenvalue weighted by atomic mass is 9.99. The number of ether oxygens (including phenoxy) is 2. The quantitative estimate of drug-likeness (QED) is 0.0177. The van der Waals surface area contributed by atoms with Crippen molar-refractivity contribution in [3.63, 3.8) is 0 Å². The van der Waals surface area contributed by atoms with Crippen molar-refractivity contribution in [1.29, 1.82) is 0 Å². The molecule has 8 unspecified atom stereocenters. The van der Waals surface area contributed by atoms with Gasteiger partial charge < -0.3 is 40.3 Å². The summed E-state index contributed by atoms with van der Waals surface area (Å²) in [4.78, 5) is 13.1. The van der Waals surface area contributed by atoms with Crippen LogP contribution in [0.5, 0.6) is 0 Å². The fourth-order valence-corrected chi connectivity index (χ4v) is 7.64. The first kappa shape index (κ1) is 57.0. The Hall–Kier alpha value is -1.98. The van der Waals surface area contributed by atoms with Gasteiger partial charge in [0.05, 0.1) is 25.4 Å². The second-order valence-electron chi connectivity index (χ2n) is 16.5. The summed E-state index contributed by atoms with van der Waals surface area (Å²) in [6.07, 6.45) is 33.3. The highest BCUT2D eigenvalue weighted by atomic mass is 32.3. The standard InChI is InChI=1S/C47H85NO12S/c1-3-5-7-9-11-13-15-17-19-20-21-22-24-25-27-29-31-33-35-40(50)39(38-58-47-44(53)45(60-61(55,56)57)43(52)42(37-49)59-47)48-46(54)41(51)36-34-32-30-28-26-23-18-16-14-12-10-8-6-4-2/h14,16,20-21,25,27,33,35,39-45,47,49-53H,3-13,15,17-19,22-24,26,28-32,34,36-38H2,1-2H3,(H,48,54)(H,55,56,57)/b16-14-,21-20+,27-25+,35-33+. The molecule has 356 valence electrons. The van der Waals surface area contributed by atoms with Gasteiger partial charge in [-0.1, -0.05) is 159 Å². The lowest BCUT2D eigenvalue weighted by molar-refractivity contribution is -0.298. The molecule has 0 aromatic carbocycles. The van der Waals surface area contributed by atoms with E-state index in [1.807, 2.05) is 0 Å². The smallest absolute Gasteiger partial charge is 0.394 e. The van der Waals surface area contributed by atoms with Crippen LogP contribution in [0.4, 0.5) is 0 Å². The third kappa shape index (κ3) is 29.9. The first-order chi connectivity index (χ1) is 29.4. The number of hydrogen-bond donors (Lipinski definition) is 7. The van der Waals surface area contributed by atoms with E-state index in [0.29, 0.717) is 12.8 Å². The zero-order valence-corrected chi connectivity index (χ0v) is 38.4. The molecular weight excluding hydrogens is 803 g/mol. The molecule has 0 saturated carbocycles. The minimum absolute atomic E-state index is 0.225. The van der Waals surface area contributed by atoms with Crippen LogP contribution in [0.25, 0.3) is 0 Å². The van der Waals surface area contributed by atoms with Crippen molar-refractivity contribution in [3.8, 4) is 0 Å². The molecule has 1 aliphatic rings. The number of amides is 1. The summed E-state index contributed by atoms with van der Waals surface area (Å²) in [5.41, 5.74) is 0. The topological polar surface area (TPSA) is 212 Å². The van der Waals surface area contributed by atoms with Crippen molar-refractivity contribution < 1.29 is 57.0 Å². The van der Waals surface area contributed by atoms with Crippen molar-refractivity contribution >= 4 is 16.3 Å². The second kappa shape index (κ2) is 37.4. The van der Waals surface area contributed by atoms with E-state index in [1.54, 1.807) is 6.08 Å². The molecule has 1 fully saturated rings. The molecule has 13 nitrogen and oxygen atoms in total. The van der Waals surface area contributed by atoms with Crippen LogP contribution in [0.2, 0.25) is 0 Å². The Morgan fingerprint density at radius 1 is 0.656 bits per heavy atom. The first-order valence-corrected chi connectivity index (χ1v) is 25.0. The van der Waals surface area contributed by atoms with Crippen molar-refractivity contribution in [2.45, 2.75) is 230 Å². The van der Waals surface area contributed by atoms with E-state index in [-0.39, 0.29) is 6.42 Å². The van der Waals surface area contributed by atoms with Gasteiger partial charge in [0.1, 0.15) is 30.5 Å². The van der Waals surface area contributed by atoms with E-state index in [2.05, 4.69) is 59.8 Å². The van der Waals surface area contributed by atoms with Gasteiger partial charge in [-0.25, -0.2) is 4.18 Å². The van der Waals surface area contributed by atoms with E-state index < -0.39 is 78.5 Å². The van der Waals surface area contributed by atoms with Gasteiger partial charge in [0.15, 0.2) is 6.29 Å². The normalized spacial score (nSPS) is 21.6. The lowest BCUT2D eigenvalue weighted by Gasteiger charge is -2.41. The highest BCUT2D eigenvalue weighted by molar-refractivity contribution is 7.80. The van der Waals surface area contributed by atoms with Crippen LogP contribution in [0.1, 0.15) is 181 Å². The number of hydrogen-bond acceptors (Lipinski definition) is 11. The average molecular weight is 888 g/mol. The maximum absolute atomic E-state index is 13.1. The summed E-state index contributed by atoms with van der Waals surface area (Å²) in [5.74, 6) is -0.723. The molecule has 0 aliphatic carbocycles. The number of nitrogens with one attached hydrogen (secondary N) is 1. The molecular formula is C47H85NO12S. The molecule has 14 heteroatoms. The molecule has 61 heavy (non-hydrogen) atoms. The van der Waals surface area contributed by atoms with Gasteiger partial charge in [-0.05, 0) is 70.6 Å². The summed E-state index contributed by atoms with van der Waals surface area (Å²) in [6.45, 7) is 3.16. The van der Waals surface area contributed by atoms with Gasteiger partial charge in [-0.2, -0.15) is 8.42 Å². The van der Waals surface area contributed by atoms with E-state index in [0.717, 1.165) is 70.6 Å². The van der Waals surface area contributed by atoms with Gasteiger partial charge in [0.25, 0.3) is 0 Å². The third-order valence-corrected chi connectivity index (χ3v) is 11.4. The van der Waals surface area contributed by atoms with Crippen LogP contribution in [0, 0.1) is 0 Å². The molecule has 0 aromatic rings. The summed E-state index contributed by atoms with van der Waals surface area (Å²) in [6, 6.07) is -1.15. The monoisotopic (exact) mass is 888 g/mol. The van der Waals surface area contributed by atoms with E-state index >= 15 is 0 Å². The Morgan fingerprint density at radius 2 is 1.10 bits per heavy atom. The highest BCUT2D eigenvalue weighted by Gasteiger charge is 2.48. The molecule has 0 radical (unpaired) electrons. The predicted molar refractivity (Wildman–Crippen MR) is 242 cm³/mol. The summed E-state index contributed by atoms with van der Waals surface area (Å²) < 4.78 is 47.5. The molecule has 8 atom stereocenters. The Balaban J connectivity index is 2.63. The van der Waals surface area contributed by atoms with Crippen LogP contribution < -0.4 is 5.32 Å². The van der Waals surface area contributed by atoms with Crippen LogP contribution >= 0.6 is 0 Å². The number of aliphatic hydroxyl groups is 5. The predicted octanol–water partition coefficient (Wildman–Crippen LogP) is 8.24. The van der Waals surface area contributed by atoms with Gasteiger partial charge >= 0.3 is 10.4 Å². The number of unbranched alkanes of at least 4 members (excludes halogenated alkanes) is 20. The molecule has 7 N–H and O–H groups in total. The summed E-state index contributed by atoms with van der Waals surface area (Å²) in [7, 11) is -5.13. The maximum atomic E-state index is 13.1. The average Bonchev–Trinajstić information content (AvgIpc) is 3.23. The van der Waals surface area contributed by atoms with E-state index in [9.17, 15) is 43.3 Å². The fraction of sp³-hybridized carbons (Fsp3) is 0.809. The SMILES string of the molecule is CCCCCC/C=C\CCCCCCCCC(O)C(=O)NC(COC1OC(CO)C(O)C(OS(=O)(=O)O)C1O)C(O)/C=C/CC/C=C/CC/C=C/CCCCCCCCCC. The van der Waals surface area contributed by atoms with Crippen molar-refractivity contribution in [2.24, 2.45) is 0 Å². The molecule has 1 rings (SSSR count). The molecule has 1 heterocycles. The van der Waals surface area contributed by atoms with Crippen LogP contribution in [0.3, 0.4) is 0 Å². The molecule has 1 amide bonds. The fourth-order valence-electron chi connectivity index (χ4n) is 7.13. The highest BCUT2D eigenvalue weighted by Crippen LogP contribution is 2.26. The molecule has 0 bridgehead atoms. The van der Waals surface area contributed by atoms with Crippen molar-refractivity contribution in [3.05, 3.63) is 48.6 Å². The van der Waals surface area contributed by atoms with Gasteiger partial charge in [0.2, 0.25) is 5.91 Å². The number of allylic oxidation sites excluding steroid dienone is 7. The van der Waals surface area contributed by atoms with Crippen LogP contribution in [-0.4, -0.2) is 107 Å². The van der Waals surface area contributed by atoms with Crippen molar-refractivity contribution in [1.82, 2.24) is 5.32 Å². The number of aliphatic hydroxyl groups excluding tert-OH is 5. The Labute approximate surface area is 369 Å². The summed E-state index contributed by atoms with van der Waals surface area (Å²) >= 11 is 0. The largest absolute Gasteiger partial charge is 0.397 e. The number of rotatable bonds is 39. The second-order valence-corrected chi connectivity index (χ2v) is 17.5. The first-order valence-electron chi connectivity index (χ1n) is 23.6. The zero-order valence-electron chi connectivity index (χ0n) is 37.6. The van der Waals surface area contributed by atoms with Gasteiger partial charge in [0, 0.05) is 0 Å². The Morgan fingerprint density at radius 3 is 1.59 bits per heavy atom. The Bertz CT molecular complexity index is 1290. The van der Waals surface area contributed by atoms with Crippen LogP contribution in [0.15, 0.2) is 48.6 Å². The molecule has 1 aliphatic heterocycles. The minimum atomic E-state index is -5.13. The Kier molecular flexibility index (Phi) is 35.0. The minimum Gasteiger partial charge on any atom is -0.394 e. The van der Waals surface area contributed by atoms with Gasteiger partial charge in [-0.3, -0.25) is 9.35 Å². The molecule has 1 saturated heterocycles. The maximum Gasteiger partial charge on any atom is 0.397 e.